The van der Waals surface area contributed by atoms with Crippen LogP contribution in [0, 0.1) is 6.92 Å². The molecule has 0 aromatic heterocycles. The number of ether oxygens (including phenoxy) is 2. The van der Waals surface area contributed by atoms with E-state index in [9.17, 15) is 9.59 Å². The highest BCUT2D eigenvalue weighted by Gasteiger charge is 2.22. The molecule has 0 saturated heterocycles. The second kappa shape index (κ2) is 10.5. The van der Waals surface area contributed by atoms with Gasteiger partial charge in [-0.25, -0.2) is 0 Å². The molecule has 1 aliphatic rings. The first-order valence-electron chi connectivity index (χ1n) is 10.9. The number of hydrogen-bond donors (Lipinski definition) is 2. The molecule has 34 heavy (non-hydrogen) atoms. The minimum Gasteiger partial charge on any atom is -0.493 e. The molecule has 0 bridgehead atoms. The van der Waals surface area contributed by atoms with Crippen LogP contribution >= 0.6 is 11.8 Å². The largest absolute Gasteiger partial charge is 0.493 e. The van der Waals surface area contributed by atoms with Crippen molar-refractivity contribution in [2.75, 3.05) is 26.1 Å². The number of methoxy groups -OCH3 is 2. The molecule has 0 spiro atoms. The summed E-state index contributed by atoms with van der Waals surface area (Å²) >= 11 is 1.40. The van der Waals surface area contributed by atoms with Gasteiger partial charge in [-0.05, 0) is 60.9 Å². The zero-order valence-electron chi connectivity index (χ0n) is 19.3. The minimum atomic E-state index is -0.191. The maximum absolute atomic E-state index is 12.7. The first-order valence-corrected chi connectivity index (χ1v) is 11.7. The standard InChI is InChI=1S/C27H26N2O4S/c1-17-4-6-18(7-5-17)15-25-27(31)29-21-16-20(9-11-24(21)34-25)26(30)28-13-12-19-8-10-22(32-2)23(14-19)33-3/h4-11,14-16H,12-13H2,1-3H3,(H,28,30)(H,29,31)/b25-15+. The van der Waals surface area contributed by atoms with Crippen molar-refractivity contribution in [3.05, 3.63) is 87.8 Å². The van der Waals surface area contributed by atoms with Crippen molar-refractivity contribution >= 4 is 35.3 Å². The Labute approximate surface area is 203 Å². The lowest BCUT2D eigenvalue weighted by atomic mass is 10.1. The average molecular weight is 475 g/mol. The summed E-state index contributed by atoms with van der Waals surface area (Å²) in [6, 6.07) is 19.1. The predicted octanol–water partition coefficient (Wildman–Crippen LogP) is 5.07. The van der Waals surface area contributed by atoms with Crippen molar-refractivity contribution in [3.63, 3.8) is 0 Å². The van der Waals surface area contributed by atoms with E-state index >= 15 is 0 Å². The van der Waals surface area contributed by atoms with Crippen LogP contribution in [0.3, 0.4) is 0 Å². The van der Waals surface area contributed by atoms with Crippen LogP contribution < -0.4 is 20.1 Å². The summed E-state index contributed by atoms with van der Waals surface area (Å²) in [5.74, 6) is 0.957. The van der Waals surface area contributed by atoms with Crippen LogP contribution in [0.1, 0.15) is 27.0 Å². The molecule has 1 aliphatic heterocycles. The van der Waals surface area contributed by atoms with E-state index in [0.717, 1.165) is 16.0 Å². The molecule has 3 aromatic carbocycles. The summed E-state index contributed by atoms with van der Waals surface area (Å²) < 4.78 is 10.6. The number of amides is 2. The van der Waals surface area contributed by atoms with E-state index in [1.165, 1.54) is 17.3 Å². The highest BCUT2D eigenvalue weighted by molar-refractivity contribution is 8.04. The van der Waals surface area contributed by atoms with Crippen molar-refractivity contribution in [3.8, 4) is 11.5 Å². The van der Waals surface area contributed by atoms with Gasteiger partial charge in [-0.1, -0.05) is 47.7 Å². The lowest BCUT2D eigenvalue weighted by molar-refractivity contribution is -0.112. The number of carbonyl (C=O) groups excluding carboxylic acids is 2. The molecule has 0 atom stereocenters. The van der Waals surface area contributed by atoms with Gasteiger partial charge in [0.25, 0.3) is 11.8 Å². The molecule has 0 fully saturated rings. The Balaban J connectivity index is 1.39. The smallest absolute Gasteiger partial charge is 0.262 e. The number of nitrogens with one attached hydrogen (secondary N) is 2. The summed E-state index contributed by atoms with van der Waals surface area (Å²) in [7, 11) is 3.19. The Morgan fingerprint density at radius 3 is 2.50 bits per heavy atom. The van der Waals surface area contributed by atoms with Crippen molar-refractivity contribution in [2.24, 2.45) is 0 Å². The Morgan fingerprint density at radius 2 is 1.76 bits per heavy atom. The third-order valence-electron chi connectivity index (χ3n) is 5.46. The summed E-state index contributed by atoms with van der Waals surface area (Å²) in [6.07, 6.45) is 2.52. The molecule has 1 heterocycles. The summed E-state index contributed by atoms with van der Waals surface area (Å²) in [4.78, 5) is 26.8. The number of fused-ring (bicyclic) bond motifs is 1. The number of hydrogen-bond acceptors (Lipinski definition) is 5. The molecule has 7 heteroatoms. The molecule has 174 valence electrons. The van der Waals surface area contributed by atoms with Crippen LogP contribution in [0.5, 0.6) is 11.5 Å². The fraction of sp³-hybridized carbons (Fsp3) is 0.185. The lowest BCUT2D eigenvalue weighted by Crippen LogP contribution is -2.26. The van der Waals surface area contributed by atoms with E-state index in [1.807, 2.05) is 61.5 Å². The highest BCUT2D eigenvalue weighted by atomic mass is 32.2. The topological polar surface area (TPSA) is 76.7 Å². The van der Waals surface area contributed by atoms with Gasteiger partial charge in [-0.3, -0.25) is 9.59 Å². The summed E-state index contributed by atoms with van der Waals surface area (Å²) in [6.45, 7) is 2.50. The summed E-state index contributed by atoms with van der Waals surface area (Å²) in [5.41, 5.74) is 4.31. The van der Waals surface area contributed by atoms with Gasteiger partial charge in [0.15, 0.2) is 11.5 Å². The van der Waals surface area contributed by atoms with Crippen LogP contribution in [-0.4, -0.2) is 32.6 Å². The Hall–Kier alpha value is -3.71. The zero-order chi connectivity index (χ0) is 24.1. The normalized spacial score (nSPS) is 13.7. The van der Waals surface area contributed by atoms with Gasteiger partial charge in [0.05, 0.1) is 24.8 Å². The molecular weight excluding hydrogens is 448 g/mol. The first-order chi connectivity index (χ1) is 16.5. The van der Waals surface area contributed by atoms with Crippen molar-refractivity contribution in [1.29, 1.82) is 0 Å². The molecule has 4 rings (SSSR count). The second-order valence-electron chi connectivity index (χ2n) is 7.88. The van der Waals surface area contributed by atoms with Gasteiger partial charge in [0, 0.05) is 17.0 Å². The molecule has 0 aliphatic carbocycles. The first kappa shape index (κ1) is 23.4. The molecule has 3 aromatic rings. The van der Waals surface area contributed by atoms with Crippen LogP contribution in [0.25, 0.3) is 6.08 Å². The second-order valence-corrected chi connectivity index (χ2v) is 8.97. The number of rotatable bonds is 7. The van der Waals surface area contributed by atoms with Crippen LogP contribution in [0.2, 0.25) is 0 Å². The molecule has 2 N–H and O–H groups in total. The van der Waals surface area contributed by atoms with Gasteiger partial charge in [0.2, 0.25) is 0 Å². The molecule has 0 radical (unpaired) electrons. The average Bonchev–Trinajstić information content (AvgIpc) is 2.85. The monoisotopic (exact) mass is 474 g/mol. The van der Waals surface area contributed by atoms with Crippen LogP contribution in [0.15, 0.2) is 70.5 Å². The Bertz CT molecular complexity index is 1250. The van der Waals surface area contributed by atoms with E-state index in [2.05, 4.69) is 10.6 Å². The van der Waals surface area contributed by atoms with E-state index in [0.29, 0.717) is 40.6 Å². The van der Waals surface area contributed by atoms with E-state index < -0.39 is 0 Å². The molecule has 0 saturated carbocycles. The number of thioether (sulfide) groups is 1. The third-order valence-corrected chi connectivity index (χ3v) is 6.56. The maximum atomic E-state index is 12.7. The van der Waals surface area contributed by atoms with Crippen molar-refractivity contribution in [1.82, 2.24) is 5.32 Å². The van der Waals surface area contributed by atoms with E-state index in [1.54, 1.807) is 26.4 Å². The predicted molar refractivity (Wildman–Crippen MR) is 136 cm³/mol. The van der Waals surface area contributed by atoms with Gasteiger partial charge >= 0.3 is 0 Å². The van der Waals surface area contributed by atoms with Gasteiger partial charge in [0.1, 0.15) is 0 Å². The number of anilines is 1. The van der Waals surface area contributed by atoms with Crippen molar-refractivity contribution < 1.29 is 19.1 Å². The Kier molecular flexibility index (Phi) is 7.23. The van der Waals surface area contributed by atoms with Gasteiger partial charge < -0.3 is 20.1 Å². The number of carbonyl (C=O) groups is 2. The number of benzene rings is 3. The maximum Gasteiger partial charge on any atom is 0.262 e. The van der Waals surface area contributed by atoms with E-state index in [4.69, 9.17) is 9.47 Å². The fourth-order valence-electron chi connectivity index (χ4n) is 3.57. The SMILES string of the molecule is COc1ccc(CCNC(=O)c2ccc3c(c2)NC(=O)/C(=C\c2ccc(C)cc2)S3)cc1OC. The Morgan fingerprint density at radius 1 is 1.00 bits per heavy atom. The minimum absolute atomic E-state index is 0.177. The highest BCUT2D eigenvalue weighted by Crippen LogP contribution is 2.39. The molecule has 2 amide bonds. The van der Waals surface area contributed by atoms with Gasteiger partial charge in [-0.15, -0.1) is 0 Å². The number of aryl methyl sites for hydroxylation is 1. The molecule has 6 nitrogen and oxygen atoms in total. The zero-order valence-corrected chi connectivity index (χ0v) is 20.1. The van der Waals surface area contributed by atoms with Gasteiger partial charge in [-0.2, -0.15) is 0 Å². The summed E-state index contributed by atoms with van der Waals surface area (Å²) in [5, 5.41) is 5.84. The van der Waals surface area contributed by atoms with Crippen LogP contribution in [0.4, 0.5) is 5.69 Å². The lowest BCUT2D eigenvalue weighted by Gasteiger charge is -2.19. The third kappa shape index (κ3) is 5.43. The van der Waals surface area contributed by atoms with E-state index in [-0.39, 0.29) is 11.8 Å². The molecule has 0 unspecified atom stereocenters. The quantitative estimate of drug-likeness (QED) is 0.468. The van der Waals surface area contributed by atoms with Crippen molar-refractivity contribution in [2.45, 2.75) is 18.2 Å². The fourth-order valence-corrected chi connectivity index (χ4v) is 4.51. The molecular formula is C27H26N2O4S. The van der Waals surface area contributed by atoms with Crippen LogP contribution in [-0.2, 0) is 11.2 Å².